The van der Waals surface area contributed by atoms with Crippen molar-refractivity contribution in [3.05, 3.63) is 34.9 Å². The van der Waals surface area contributed by atoms with Crippen LogP contribution in [-0.4, -0.2) is 29.9 Å². The van der Waals surface area contributed by atoms with Crippen LogP contribution in [-0.2, 0) is 24.1 Å². The highest BCUT2D eigenvalue weighted by molar-refractivity contribution is 5.85. The summed E-state index contributed by atoms with van der Waals surface area (Å²) in [7, 11) is 0. The quantitative estimate of drug-likeness (QED) is 0.930. The minimum atomic E-state index is 0. The van der Waals surface area contributed by atoms with E-state index in [2.05, 4.69) is 25.1 Å². The van der Waals surface area contributed by atoms with E-state index in [1.54, 1.807) is 0 Å². The molecule has 1 aliphatic heterocycles. The Labute approximate surface area is 139 Å². The molecule has 1 aromatic carbocycles. The summed E-state index contributed by atoms with van der Waals surface area (Å²) < 4.78 is 0. The van der Waals surface area contributed by atoms with Gasteiger partial charge in [0.25, 0.3) is 0 Å². The third kappa shape index (κ3) is 3.82. The van der Waals surface area contributed by atoms with E-state index in [0.717, 1.165) is 25.9 Å². The maximum Gasteiger partial charge on any atom is 0.226 e. The lowest BCUT2D eigenvalue weighted by atomic mass is 9.92. The van der Waals surface area contributed by atoms with Gasteiger partial charge in [-0.2, -0.15) is 0 Å². The lowest BCUT2D eigenvalue weighted by Gasteiger charge is -2.34. The Morgan fingerprint density at radius 2 is 2.09 bits per heavy atom. The van der Waals surface area contributed by atoms with Crippen LogP contribution in [0.15, 0.2) is 18.2 Å². The van der Waals surface area contributed by atoms with Crippen LogP contribution in [0.4, 0.5) is 0 Å². The zero-order chi connectivity index (χ0) is 14.8. The molecule has 1 saturated heterocycles. The Kier molecular flexibility index (Phi) is 5.87. The Hall–Kier alpha value is -1.06. The summed E-state index contributed by atoms with van der Waals surface area (Å²) in [5.74, 6) is 0.723. The number of fused-ring (bicyclic) bond motifs is 1. The number of amides is 1. The number of likely N-dealkylation sites (tertiary alicyclic amines) is 1. The van der Waals surface area contributed by atoms with Gasteiger partial charge in [0.1, 0.15) is 0 Å². The number of hydrogen-bond acceptors (Lipinski definition) is 2. The topological polar surface area (TPSA) is 46.3 Å². The summed E-state index contributed by atoms with van der Waals surface area (Å²) in [5, 5.41) is 0. The molecule has 1 aromatic rings. The van der Waals surface area contributed by atoms with Gasteiger partial charge in [-0.1, -0.05) is 18.2 Å². The maximum atomic E-state index is 12.5. The van der Waals surface area contributed by atoms with Crippen LogP contribution in [0.25, 0.3) is 0 Å². The molecular formula is C18H27ClN2O. The van der Waals surface area contributed by atoms with Crippen LogP contribution in [0.3, 0.4) is 0 Å². The molecule has 2 unspecified atom stereocenters. The fourth-order valence-electron chi connectivity index (χ4n) is 3.69. The lowest BCUT2D eigenvalue weighted by Crippen LogP contribution is -2.45. The van der Waals surface area contributed by atoms with E-state index in [0.29, 0.717) is 12.3 Å². The predicted octanol–water partition coefficient (Wildman–Crippen LogP) is 2.73. The lowest BCUT2D eigenvalue weighted by molar-refractivity contribution is -0.132. The van der Waals surface area contributed by atoms with E-state index in [1.165, 1.54) is 36.0 Å². The Balaban J connectivity index is 0.00000176. The van der Waals surface area contributed by atoms with Crippen LogP contribution < -0.4 is 5.73 Å². The van der Waals surface area contributed by atoms with E-state index >= 15 is 0 Å². The molecule has 2 atom stereocenters. The van der Waals surface area contributed by atoms with Gasteiger partial charge < -0.3 is 10.6 Å². The van der Waals surface area contributed by atoms with Crippen molar-refractivity contribution >= 4 is 18.3 Å². The second-order valence-corrected chi connectivity index (χ2v) is 6.73. The smallest absolute Gasteiger partial charge is 0.226 e. The van der Waals surface area contributed by atoms with Crippen LogP contribution in [0, 0.1) is 5.92 Å². The monoisotopic (exact) mass is 322 g/mol. The predicted molar refractivity (Wildman–Crippen MR) is 92.4 cm³/mol. The van der Waals surface area contributed by atoms with Crippen LogP contribution in [0.5, 0.6) is 0 Å². The standard InChI is InChI=1S/C18H26N2O.ClH/c1-13(19)17-6-3-9-20(12-17)18(21)11-14-7-8-15-4-2-5-16(15)10-14;/h7-8,10,13,17H,2-6,9,11-12,19H2,1H3;1H. The zero-order valence-electron chi connectivity index (χ0n) is 13.4. The molecule has 122 valence electrons. The molecular weight excluding hydrogens is 296 g/mol. The number of piperidine rings is 1. The first-order chi connectivity index (χ1) is 10.1. The fourth-order valence-corrected chi connectivity index (χ4v) is 3.69. The third-order valence-electron chi connectivity index (χ3n) is 5.07. The van der Waals surface area contributed by atoms with Crippen molar-refractivity contribution in [3.63, 3.8) is 0 Å². The Bertz CT molecular complexity index is 530. The summed E-state index contributed by atoms with van der Waals surface area (Å²) in [5.41, 5.74) is 10.1. The van der Waals surface area contributed by atoms with Gasteiger partial charge in [0.05, 0.1) is 6.42 Å². The van der Waals surface area contributed by atoms with E-state index in [9.17, 15) is 4.79 Å². The second kappa shape index (κ2) is 7.47. The van der Waals surface area contributed by atoms with E-state index in [1.807, 2.05) is 4.90 Å². The van der Waals surface area contributed by atoms with Gasteiger partial charge in [0, 0.05) is 19.1 Å². The van der Waals surface area contributed by atoms with Crippen molar-refractivity contribution in [3.8, 4) is 0 Å². The number of halogens is 1. The number of hydrogen-bond donors (Lipinski definition) is 1. The van der Waals surface area contributed by atoms with Crippen molar-refractivity contribution in [2.45, 2.75) is 51.5 Å². The molecule has 3 nitrogen and oxygen atoms in total. The molecule has 1 heterocycles. The summed E-state index contributed by atoms with van der Waals surface area (Å²) >= 11 is 0. The van der Waals surface area contributed by atoms with Gasteiger partial charge in [-0.05, 0) is 61.6 Å². The summed E-state index contributed by atoms with van der Waals surface area (Å²) in [6.45, 7) is 3.79. The van der Waals surface area contributed by atoms with Gasteiger partial charge in [0.2, 0.25) is 5.91 Å². The van der Waals surface area contributed by atoms with Crippen LogP contribution in [0.2, 0.25) is 0 Å². The Morgan fingerprint density at radius 1 is 1.32 bits per heavy atom. The molecule has 1 aliphatic carbocycles. The third-order valence-corrected chi connectivity index (χ3v) is 5.07. The molecule has 0 spiro atoms. The first kappa shape index (κ1) is 17.3. The molecule has 4 heteroatoms. The zero-order valence-corrected chi connectivity index (χ0v) is 14.2. The van der Waals surface area contributed by atoms with Crippen molar-refractivity contribution < 1.29 is 4.79 Å². The molecule has 2 N–H and O–H groups in total. The van der Waals surface area contributed by atoms with Crippen LogP contribution in [0.1, 0.15) is 42.9 Å². The first-order valence-electron chi connectivity index (χ1n) is 8.27. The molecule has 1 amide bonds. The molecule has 0 aromatic heterocycles. The van der Waals surface area contributed by atoms with Gasteiger partial charge in [-0.25, -0.2) is 0 Å². The number of rotatable bonds is 3. The molecule has 1 fully saturated rings. The molecule has 0 bridgehead atoms. The van der Waals surface area contributed by atoms with Gasteiger partial charge in [-0.3, -0.25) is 4.79 Å². The summed E-state index contributed by atoms with van der Waals surface area (Å²) in [4.78, 5) is 14.5. The Morgan fingerprint density at radius 3 is 2.86 bits per heavy atom. The molecule has 0 saturated carbocycles. The van der Waals surface area contributed by atoms with E-state index < -0.39 is 0 Å². The second-order valence-electron chi connectivity index (χ2n) is 6.73. The molecule has 22 heavy (non-hydrogen) atoms. The number of carbonyl (C=O) groups is 1. The average Bonchev–Trinajstić information content (AvgIpc) is 2.95. The van der Waals surface area contributed by atoms with E-state index in [4.69, 9.17) is 5.73 Å². The summed E-state index contributed by atoms with van der Waals surface area (Å²) in [6.07, 6.45) is 6.41. The minimum Gasteiger partial charge on any atom is -0.342 e. The number of nitrogens with two attached hydrogens (primary N) is 1. The van der Waals surface area contributed by atoms with E-state index in [-0.39, 0.29) is 24.4 Å². The molecule has 3 rings (SSSR count). The highest BCUT2D eigenvalue weighted by atomic mass is 35.5. The summed E-state index contributed by atoms with van der Waals surface area (Å²) in [6, 6.07) is 6.77. The minimum absolute atomic E-state index is 0. The van der Waals surface area contributed by atoms with Crippen molar-refractivity contribution in [1.82, 2.24) is 4.90 Å². The van der Waals surface area contributed by atoms with Crippen molar-refractivity contribution in [1.29, 1.82) is 0 Å². The highest BCUT2D eigenvalue weighted by Gasteiger charge is 2.25. The number of nitrogens with zero attached hydrogens (tertiary/aromatic N) is 1. The fraction of sp³-hybridized carbons (Fsp3) is 0.611. The molecule has 2 aliphatic rings. The van der Waals surface area contributed by atoms with Gasteiger partial charge >= 0.3 is 0 Å². The highest BCUT2D eigenvalue weighted by Crippen LogP contribution is 2.24. The normalized spacial score (nSPS) is 21.9. The number of aryl methyl sites for hydroxylation is 2. The van der Waals surface area contributed by atoms with Crippen LogP contribution >= 0.6 is 12.4 Å². The number of carbonyl (C=O) groups excluding carboxylic acids is 1. The number of benzene rings is 1. The van der Waals surface area contributed by atoms with Crippen molar-refractivity contribution in [2.75, 3.05) is 13.1 Å². The average molecular weight is 323 g/mol. The SMILES string of the molecule is CC(N)C1CCCN(C(=O)Cc2ccc3c(c2)CCC3)C1.Cl. The molecule has 0 radical (unpaired) electrons. The first-order valence-corrected chi connectivity index (χ1v) is 8.27. The van der Waals surface area contributed by atoms with Gasteiger partial charge in [-0.15, -0.1) is 12.4 Å². The van der Waals surface area contributed by atoms with Crippen molar-refractivity contribution in [2.24, 2.45) is 11.7 Å². The van der Waals surface area contributed by atoms with Gasteiger partial charge in [0.15, 0.2) is 0 Å². The largest absolute Gasteiger partial charge is 0.342 e. The maximum absolute atomic E-state index is 12.5.